The van der Waals surface area contributed by atoms with E-state index >= 15 is 0 Å². The molecule has 2 aromatic carbocycles. The maximum atomic E-state index is 11.3. The molecular formula is C20H18ClN3O2. The second-order valence-corrected chi connectivity index (χ2v) is 6.27. The Bertz CT molecular complexity index is 978. The summed E-state index contributed by atoms with van der Waals surface area (Å²) in [6, 6.07) is 16.7. The minimum Gasteiger partial charge on any atom is -0.478 e. The zero-order valence-corrected chi connectivity index (χ0v) is 15.2. The molecule has 0 aliphatic carbocycles. The molecule has 0 saturated carbocycles. The molecule has 0 bridgehead atoms. The molecule has 1 heterocycles. The first-order valence-electron chi connectivity index (χ1n) is 8.03. The van der Waals surface area contributed by atoms with Crippen LogP contribution in [0.15, 0.2) is 59.7 Å². The number of hydrogen-bond acceptors (Lipinski definition) is 3. The van der Waals surface area contributed by atoms with Gasteiger partial charge in [-0.3, -0.25) is 5.43 Å². The van der Waals surface area contributed by atoms with E-state index in [4.69, 9.17) is 11.6 Å². The highest BCUT2D eigenvalue weighted by atomic mass is 35.5. The van der Waals surface area contributed by atoms with E-state index in [2.05, 4.69) is 10.5 Å². The summed E-state index contributed by atoms with van der Waals surface area (Å²) < 4.78 is 1.98. The zero-order chi connectivity index (χ0) is 18.7. The molecule has 5 nitrogen and oxygen atoms in total. The monoisotopic (exact) mass is 367 g/mol. The van der Waals surface area contributed by atoms with Crippen LogP contribution in [0.5, 0.6) is 0 Å². The first kappa shape index (κ1) is 17.8. The molecule has 0 amide bonds. The predicted molar refractivity (Wildman–Crippen MR) is 105 cm³/mol. The van der Waals surface area contributed by atoms with Gasteiger partial charge in [0.15, 0.2) is 0 Å². The number of halogens is 1. The summed E-state index contributed by atoms with van der Waals surface area (Å²) in [6.45, 7) is 3.93. The van der Waals surface area contributed by atoms with Crippen LogP contribution < -0.4 is 5.43 Å². The van der Waals surface area contributed by atoms with Crippen molar-refractivity contribution in [1.29, 1.82) is 0 Å². The number of aromatic carboxylic acids is 1. The molecule has 0 unspecified atom stereocenters. The van der Waals surface area contributed by atoms with Crippen LogP contribution in [-0.2, 0) is 0 Å². The first-order valence-corrected chi connectivity index (χ1v) is 8.41. The minimum absolute atomic E-state index is 0.0811. The van der Waals surface area contributed by atoms with Crippen molar-refractivity contribution >= 4 is 29.5 Å². The lowest BCUT2D eigenvalue weighted by Gasteiger charge is -2.11. The first-order chi connectivity index (χ1) is 12.5. The topological polar surface area (TPSA) is 66.6 Å². The van der Waals surface area contributed by atoms with E-state index in [1.807, 2.05) is 54.8 Å². The standard InChI is InChI=1S/C20H18ClN3O2/c1-13-10-15(12-22-23-16-6-4-3-5-7-16)14(2)24(13)17-8-9-19(21)18(11-17)20(25)26/h3-12,23H,1-2H3,(H,25,26)/b22-12-. The summed E-state index contributed by atoms with van der Waals surface area (Å²) in [5.41, 5.74) is 7.59. The minimum atomic E-state index is -1.05. The molecule has 0 aliphatic heterocycles. The van der Waals surface area contributed by atoms with Crippen LogP contribution in [0, 0.1) is 13.8 Å². The number of aromatic nitrogens is 1. The number of benzene rings is 2. The third-order valence-electron chi connectivity index (χ3n) is 4.08. The summed E-state index contributed by atoms with van der Waals surface area (Å²) >= 11 is 5.97. The second-order valence-electron chi connectivity index (χ2n) is 5.87. The summed E-state index contributed by atoms with van der Waals surface area (Å²) in [5, 5.41) is 13.8. The van der Waals surface area contributed by atoms with Gasteiger partial charge in [0.1, 0.15) is 0 Å². The third-order valence-corrected chi connectivity index (χ3v) is 4.41. The van der Waals surface area contributed by atoms with Crippen LogP contribution in [0.3, 0.4) is 0 Å². The van der Waals surface area contributed by atoms with Gasteiger partial charge in [-0.1, -0.05) is 29.8 Å². The maximum Gasteiger partial charge on any atom is 0.337 e. The van der Waals surface area contributed by atoms with Crippen molar-refractivity contribution in [2.75, 3.05) is 5.43 Å². The van der Waals surface area contributed by atoms with Gasteiger partial charge < -0.3 is 9.67 Å². The Morgan fingerprint density at radius 2 is 1.88 bits per heavy atom. The van der Waals surface area contributed by atoms with Crippen LogP contribution >= 0.6 is 11.6 Å². The van der Waals surface area contributed by atoms with Crippen LogP contribution in [0.2, 0.25) is 5.02 Å². The van der Waals surface area contributed by atoms with Gasteiger partial charge in [0.25, 0.3) is 0 Å². The van der Waals surface area contributed by atoms with Gasteiger partial charge in [0.2, 0.25) is 0 Å². The van der Waals surface area contributed by atoms with Gasteiger partial charge in [-0.05, 0) is 50.2 Å². The fourth-order valence-corrected chi connectivity index (χ4v) is 3.02. The van der Waals surface area contributed by atoms with E-state index in [0.29, 0.717) is 0 Å². The molecular weight excluding hydrogens is 350 g/mol. The molecule has 26 heavy (non-hydrogen) atoms. The Labute approximate surface area is 156 Å². The average molecular weight is 368 g/mol. The third kappa shape index (κ3) is 3.63. The molecule has 0 radical (unpaired) electrons. The van der Waals surface area contributed by atoms with E-state index in [9.17, 15) is 9.90 Å². The molecule has 3 aromatic rings. The number of rotatable bonds is 5. The van der Waals surface area contributed by atoms with Gasteiger partial charge in [-0.15, -0.1) is 0 Å². The van der Waals surface area contributed by atoms with E-state index in [1.165, 1.54) is 0 Å². The average Bonchev–Trinajstić information content (AvgIpc) is 2.90. The fraction of sp³-hybridized carbons (Fsp3) is 0.100. The van der Waals surface area contributed by atoms with E-state index in [0.717, 1.165) is 28.3 Å². The summed E-state index contributed by atoms with van der Waals surface area (Å²) in [5.74, 6) is -1.05. The van der Waals surface area contributed by atoms with Gasteiger partial charge >= 0.3 is 5.97 Å². The van der Waals surface area contributed by atoms with Gasteiger partial charge in [-0.25, -0.2) is 4.79 Å². The number of nitrogens with one attached hydrogen (secondary N) is 1. The van der Waals surface area contributed by atoms with Crippen LogP contribution in [0.25, 0.3) is 5.69 Å². The van der Waals surface area contributed by atoms with Crippen molar-refractivity contribution in [3.63, 3.8) is 0 Å². The predicted octanol–water partition coefficient (Wildman–Crippen LogP) is 4.89. The lowest BCUT2D eigenvalue weighted by molar-refractivity contribution is 0.0697. The summed E-state index contributed by atoms with van der Waals surface area (Å²) in [4.78, 5) is 11.3. The number of nitrogens with zero attached hydrogens (tertiary/aromatic N) is 2. The SMILES string of the molecule is Cc1cc(/C=N\Nc2ccccc2)c(C)n1-c1ccc(Cl)c(C(=O)O)c1. The molecule has 2 N–H and O–H groups in total. The summed E-state index contributed by atoms with van der Waals surface area (Å²) in [6.07, 6.45) is 1.75. The lowest BCUT2D eigenvalue weighted by Crippen LogP contribution is -2.04. The molecule has 6 heteroatoms. The number of carboxylic acids is 1. The Hall–Kier alpha value is -3.05. The van der Waals surface area contributed by atoms with E-state index < -0.39 is 5.97 Å². The van der Waals surface area contributed by atoms with Crippen molar-refractivity contribution in [3.8, 4) is 5.69 Å². The number of anilines is 1. The largest absolute Gasteiger partial charge is 0.478 e. The highest BCUT2D eigenvalue weighted by Crippen LogP contribution is 2.24. The normalized spacial score (nSPS) is 11.0. The van der Waals surface area contributed by atoms with Crippen LogP contribution in [0.4, 0.5) is 5.69 Å². The van der Waals surface area contributed by atoms with Gasteiger partial charge in [0, 0.05) is 22.6 Å². The molecule has 132 valence electrons. The molecule has 0 spiro atoms. The van der Waals surface area contributed by atoms with Crippen molar-refractivity contribution in [3.05, 3.63) is 82.1 Å². The smallest absolute Gasteiger partial charge is 0.337 e. The molecule has 3 rings (SSSR count). The molecule has 1 aromatic heterocycles. The molecule has 0 saturated heterocycles. The maximum absolute atomic E-state index is 11.3. The second kappa shape index (κ2) is 7.45. The molecule has 0 fully saturated rings. The van der Waals surface area contributed by atoms with E-state index in [1.54, 1.807) is 24.4 Å². The molecule has 0 atom stereocenters. The summed E-state index contributed by atoms with van der Waals surface area (Å²) in [7, 11) is 0. The number of hydrogen-bond donors (Lipinski definition) is 2. The van der Waals surface area contributed by atoms with Crippen LogP contribution in [-0.4, -0.2) is 21.9 Å². The van der Waals surface area contributed by atoms with Gasteiger partial charge in [0.05, 0.1) is 22.5 Å². The van der Waals surface area contributed by atoms with E-state index in [-0.39, 0.29) is 10.6 Å². The Morgan fingerprint density at radius 1 is 1.15 bits per heavy atom. The number of carboxylic acid groups (broad SMARTS) is 1. The Kier molecular flexibility index (Phi) is 5.09. The number of para-hydroxylation sites is 1. The van der Waals surface area contributed by atoms with Crippen molar-refractivity contribution in [2.24, 2.45) is 5.10 Å². The Morgan fingerprint density at radius 3 is 2.58 bits per heavy atom. The quantitative estimate of drug-likeness (QED) is 0.498. The zero-order valence-electron chi connectivity index (χ0n) is 14.4. The van der Waals surface area contributed by atoms with Crippen molar-refractivity contribution < 1.29 is 9.90 Å². The highest BCUT2D eigenvalue weighted by Gasteiger charge is 2.14. The van der Waals surface area contributed by atoms with Crippen molar-refractivity contribution in [1.82, 2.24) is 4.57 Å². The van der Waals surface area contributed by atoms with Crippen molar-refractivity contribution in [2.45, 2.75) is 13.8 Å². The highest BCUT2D eigenvalue weighted by molar-refractivity contribution is 6.33. The fourth-order valence-electron chi connectivity index (χ4n) is 2.82. The Balaban J connectivity index is 1.91. The van der Waals surface area contributed by atoms with Crippen LogP contribution in [0.1, 0.15) is 27.3 Å². The molecule has 0 aliphatic rings. The number of carbonyl (C=O) groups is 1. The lowest BCUT2D eigenvalue weighted by atomic mass is 10.2. The number of hydrazone groups is 1. The number of aryl methyl sites for hydroxylation is 1. The van der Waals surface area contributed by atoms with Gasteiger partial charge in [-0.2, -0.15) is 5.10 Å².